The second kappa shape index (κ2) is 13.0. The fourth-order valence-electron chi connectivity index (χ4n) is 6.10. The van der Waals surface area contributed by atoms with E-state index in [1.165, 1.54) is 13.2 Å². The molecule has 0 saturated carbocycles. The van der Waals surface area contributed by atoms with E-state index >= 15 is 0 Å². The van der Waals surface area contributed by atoms with Crippen LogP contribution in [-0.4, -0.2) is 58.3 Å². The van der Waals surface area contributed by atoms with Gasteiger partial charge in [-0.25, -0.2) is 19.2 Å². The number of likely N-dealkylation sites (tertiary alicyclic amines) is 1. The summed E-state index contributed by atoms with van der Waals surface area (Å²) < 4.78 is 33.0. The summed E-state index contributed by atoms with van der Waals surface area (Å²) in [6, 6.07) is 16.1. The van der Waals surface area contributed by atoms with Crippen molar-refractivity contribution in [2.45, 2.75) is 63.8 Å². The highest BCUT2D eigenvalue weighted by Gasteiger charge is 2.31. The maximum atomic E-state index is 14.2. The van der Waals surface area contributed by atoms with Gasteiger partial charge in [0.1, 0.15) is 18.2 Å². The zero-order valence-electron chi connectivity index (χ0n) is 24.5. The van der Waals surface area contributed by atoms with Crippen molar-refractivity contribution in [2.75, 3.05) is 26.8 Å². The summed E-state index contributed by atoms with van der Waals surface area (Å²) in [4.78, 5) is 24.7. The molecule has 0 radical (unpaired) electrons. The van der Waals surface area contributed by atoms with Crippen LogP contribution in [0.5, 0.6) is 5.88 Å². The minimum absolute atomic E-state index is 0.0874. The number of piperidine rings is 1. The van der Waals surface area contributed by atoms with E-state index in [4.69, 9.17) is 35.8 Å². The summed E-state index contributed by atoms with van der Waals surface area (Å²) in [7, 11) is 1.40. The van der Waals surface area contributed by atoms with Crippen LogP contribution in [0, 0.1) is 5.82 Å². The predicted molar refractivity (Wildman–Crippen MR) is 162 cm³/mol. The van der Waals surface area contributed by atoms with Gasteiger partial charge in [-0.15, -0.1) is 0 Å². The third-order valence-electron chi connectivity index (χ3n) is 8.59. The molecule has 10 heteroatoms. The molecular formula is C33H36ClFN4O4. The van der Waals surface area contributed by atoms with Crippen molar-refractivity contribution in [3.8, 4) is 5.88 Å². The molecule has 2 atom stereocenters. The Balaban J connectivity index is 1.16. The zero-order valence-corrected chi connectivity index (χ0v) is 25.2. The number of aromatic nitrogens is 3. The van der Waals surface area contributed by atoms with Crippen LogP contribution in [0.3, 0.4) is 0 Å². The number of hydrogen-bond donors (Lipinski definition) is 0. The van der Waals surface area contributed by atoms with Crippen molar-refractivity contribution >= 4 is 28.6 Å². The monoisotopic (exact) mass is 606 g/mol. The molecule has 0 aliphatic carbocycles. The van der Waals surface area contributed by atoms with E-state index in [2.05, 4.69) is 16.4 Å². The molecule has 2 aromatic heterocycles. The maximum Gasteiger partial charge on any atom is 0.337 e. The Hall–Kier alpha value is -3.53. The number of halogens is 2. The molecule has 43 heavy (non-hydrogen) atoms. The predicted octanol–water partition coefficient (Wildman–Crippen LogP) is 6.71. The van der Waals surface area contributed by atoms with Crippen LogP contribution in [0.25, 0.3) is 11.0 Å². The maximum absolute atomic E-state index is 14.2. The van der Waals surface area contributed by atoms with E-state index in [0.29, 0.717) is 34.5 Å². The zero-order chi connectivity index (χ0) is 29.9. The summed E-state index contributed by atoms with van der Waals surface area (Å²) in [6.07, 6.45) is 3.99. The first-order chi connectivity index (χ1) is 20.9. The lowest BCUT2D eigenvalue weighted by Gasteiger charge is -2.37. The van der Waals surface area contributed by atoms with Gasteiger partial charge in [-0.05, 0) is 75.2 Å². The minimum Gasteiger partial charge on any atom is -0.473 e. The van der Waals surface area contributed by atoms with Crippen molar-refractivity contribution in [3.63, 3.8) is 0 Å². The van der Waals surface area contributed by atoms with Crippen LogP contribution in [-0.2, 0) is 22.6 Å². The van der Waals surface area contributed by atoms with Crippen LogP contribution in [0.2, 0.25) is 5.02 Å². The van der Waals surface area contributed by atoms with Gasteiger partial charge >= 0.3 is 5.97 Å². The number of carbonyl (C=O) groups excluding carboxylic acids is 1. The molecule has 0 bridgehead atoms. The Labute approximate surface area is 255 Å². The molecular weight excluding hydrogens is 571 g/mol. The van der Waals surface area contributed by atoms with E-state index in [-0.39, 0.29) is 30.5 Å². The molecule has 1 unspecified atom stereocenters. The van der Waals surface area contributed by atoms with Crippen LogP contribution < -0.4 is 4.74 Å². The number of carbonyl (C=O) groups is 1. The Morgan fingerprint density at radius 2 is 1.93 bits per heavy atom. The lowest BCUT2D eigenvalue weighted by atomic mass is 9.92. The first-order valence-corrected chi connectivity index (χ1v) is 15.3. The highest BCUT2D eigenvalue weighted by Crippen LogP contribution is 2.35. The number of rotatable bonds is 10. The van der Waals surface area contributed by atoms with Crippen molar-refractivity contribution in [3.05, 3.63) is 88.1 Å². The van der Waals surface area contributed by atoms with Gasteiger partial charge in [-0.3, -0.25) is 4.90 Å². The number of pyridine rings is 1. The van der Waals surface area contributed by atoms with E-state index in [1.807, 2.05) is 30.3 Å². The Morgan fingerprint density at radius 3 is 2.63 bits per heavy atom. The summed E-state index contributed by atoms with van der Waals surface area (Å²) >= 11 is 5.87. The summed E-state index contributed by atoms with van der Waals surface area (Å²) in [5.74, 6) is 1.05. The van der Waals surface area contributed by atoms with Gasteiger partial charge in [0.15, 0.2) is 0 Å². The molecule has 6 rings (SSSR count). The molecule has 2 fully saturated rings. The highest BCUT2D eigenvalue weighted by atomic mass is 35.5. The third-order valence-corrected chi connectivity index (χ3v) is 8.82. The van der Waals surface area contributed by atoms with Crippen LogP contribution in [0.4, 0.5) is 4.39 Å². The van der Waals surface area contributed by atoms with E-state index in [9.17, 15) is 9.18 Å². The summed E-state index contributed by atoms with van der Waals surface area (Å²) in [5, 5.41) is 0.357. The number of imidazole rings is 1. The van der Waals surface area contributed by atoms with Crippen molar-refractivity contribution in [1.82, 2.24) is 19.4 Å². The average molecular weight is 607 g/mol. The van der Waals surface area contributed by atoms with Gasteiger partial charge in [0.2, 0.25) is 5.88 Å². The van der Waals surface area contributed by atoms with Gasteiger partial charge in [0, 0.05) is 34.9 Å². The number of ether oxygens (including phenoxy) is 3. The molecule has 0 spiro atoms. The van der Waals surface area contributed by atoms with E-state index < -0.39 is 0 Å². The molecule has 2 aliphatic heterocycles. The number of hydrogen-bond acceptors (Lipinski definition) is 7. The molecule has 2 aromatic carbocycles. The summed E-state index contributed by atoms with van der Waals surface area (Å²) in [5.41, 5.74) is 3.75. The Morgan fingerprint density at radius 1 is 1.12 bits per heavy atom. The fraction of sp³-hybridized carbons (Fsp3) is 0.424. The minimum atomic E-state index is -0.390. The second-order valence-corrected chi connectivity index (χ2v) is 11.7. The van der Waals surface area contributed by atoms with Gasteiger partial charge in [-0.1, -0.05) is 30.7 Å². The summed E-state index contributed by atoms with van der Waals surface area (Å²) in [6.45, 7) is 5.59. The third kappa shape index (κ3) is 6.39. The molecule has 0 N–H and O–H groups in total. The SMILES string of the molecule is CC[C@H](c1nc2ccc(C(=O)OC)cc2n1CC1CCO1)N1CCC(c2cccc(OCc3ccc(Cl)cc3F)n2)CC1. The molecule has 226 valence electrons. The highest BCUT2D eigenvalue weighted by molar-refractivity contribution is 6.30. The molecule has 2 aliphatic rings. The van der Waals surface area contributed by atoms with E-state index in [0.717, 1.165) is 67.9 Å². The van der Waals surface area contributed by atoms with Gasteiger partial charge < -0.3 is 18.8 Å². The standard InChI is InChI=1S/C33H36ClFN4O4/c1-3-29(32-37-28-10-8-22(33(40)41-2)17-30(28)39(32)19-25-13-16-42-25)38-14-11-21(12-15-38)27-5-4-6-31(36-27)43-20-23-7-9-24(34)18-26(23)35/h4-10,17-18,21,25,29H,3,11-16,19-20H2,1-2H3/t25?,29-/m1/s1. The van der Waals surface area contributed by atoms with Crippen LogP contribution in [0.1, 0.15) is 72.0 Å². The quantitative estimate of drug-likeness (QED) is 0.186. The number of benzene rings is 2. The molecule has 8 nitrogen and oxygen atoms in total. The lowest BCUT2D eigenvalue weighted by molar-refractivity contribution is -0.0595. The topological polar surface area (TPSA) is 78.7 Å². The van der Waals surface area contributed by atoms with Crippen molar-refractivity contribution < 1.29 is 23.4 Å². The number of methoxy groups -OCH3 is 1. The smallest absolute Gasteiger partial charge is 0.337 e. The largest absolute Gasteiger partial charge is 0.473 e. The first kappa shape index (κ1) is 29.5. The molecule has 4 aromatic rings. The fourth-order valence-corrected chi connectivity index (χ4v) is 6.26. The van der Waals surface area contributed by atoms with Gasteiger partial charge in [0.05, 0.1) is 42.4 Å². The number of fused-ring (bicyclic) bond motifs is 1. The van der Waals surface area contributed by atoms with Crippen molar-refractivity contribution in [2.24, 2.45) is 0 Å². The van der Waals surface area contributed by atoms with E-state index in [1.54, 1.807) is 18.2 Å². The normalized spacial score (nSPS) is 18.4. The first-order valence-electron chi connectivity index (χ1n) is 14.9. The molecule has 4 heterocycles. The Bertz CT molecular complexity index is 1600. The van der Waals surface area contributed by atoms with Crippen molar-refractivity contribution in [1.29, 1.82) is 0 Å². The molecule has 2 saturated heterocycles. The number of nitrogens with zero attached hydrogens (tertiary/aromatic N) is 4. The Kier molecular flexibility index (Phi) is 8.93. The van der Waals surface area contributed by atoms with Gasteiger partial charge in [0.25, 0.3) is 0 Å². The second-order valence-electron chi connectivity index (χ2n) is 11.2. The van der Waals surface area contributed by atoms with Crippen LogP contribution >= 0.6 is 11.6 Å². The number of esters is 1. The lowest BCUT2D eigenvalue weighted by Crippen LogP contribution is -2.38. The van der Waals surface area contributed by atoms with Crippen LogP contribution in [0.15, 0.2) is 54.6 Å². The van der Waals surface area contributed by atoms with Gasteiger partial charge in [-0.2, -0.15) is 0 Å². The average Bonchev–Trinajstić information content (AvgIpc) is 3.36. The molecule has 0 amide bonds.